The van der Waals surface area contributed by atoms with Crippen LogP contribution in [0, 0.1) is 6.92 Å². The van der Waals surface area contributed by atoms with Gasteiger partial charge in [-0.15, -0.1) is 0 Å². The maximum atomic E-state index is 12.6. The zero-order valence-electron chi connectivity index (χ0n) is 17.7. The summed E-state index contributed by atoms with van der Waals surface area (Å²) in [6.07, 6.45) is 3.42. The number of benzene rings is 1. The molecule has 2 aromatic heterocycles. The number of hydrogen-bond donors (Lipinski definition) is 1. The Bertz CT molecular complexity index is 1060. The molecular weight excluding hydrogens is 384 g/mol. The summed E-state index contributed by atoms with van der Waals surface area (Å²) in [7, 11) is 5.05. The third-order valence-corrected chi connectivity index (χ3v) is 5.52. The highest BCUT2D eigenvalue weighted by Gasteiger charge is 2.25. The van der Waals surface area contributed by atoms with Crippen molar-refractivity contribution in [1.29, 1.82) is 0 Å². The van der Waals surface area contributed by atoms with E-state index in [1.165, 1.54) is 0 Å². The van der Waals surface area contributed by atoms with E-state index in [9.17, 15) is 4.79 Å². The molecule has 3 heterocycles. The van der Waals surface area contributed by atoms with Gasteiger partial charge in [-0.25, -0.2) is 9.97 Å². The van der Waals surface area contributed by atoms with Crippen molar-refractivity contribution in [2.24, 2.45) is 7.05 Å². The van der Waals surface area contributed by atoms with Crippen LogP contribution in [0.3, 0.4) is 0 Å². The molecule has 3 aromatic rings. The van der Waals surface area contributed by atoms with Crippen LogP contribution < -0.4 is 19.7 Å². The minimum absolute atomic E-state index is 0.0127. The lowest BCUT2D eigenvalue weighted by Crippen LogP contribution is -2.48. The van der Waals surface area contributed by atoms with Crippen LogP contribution in [0.4, 0.5) is 5.82 Å². The normalized spacial score (nSPS) is 16.5. The minimum atomic E-state index is -0.149. The number of piperidine rings is 1. The van der Waals surface area contributed by atoms with Crippen molar-refractivity contribution in [1.82, 2.24) is 25.1 Å². The molecule has 1 unspecified atom stereocenters. The number of aromatic nitrogens is 4. The number of fused-ring (bicyclic) bond motifs is 1. The maximum absolute atomic E-state index is 12.6. The van der Waals surface area contributed by atoms with Gasteiger partial charge in [0.25, 0.3) is 5.91 Å². The first-order chi connectivity index (χ1) is 14.5. The van der Waals surface area contributed by atoms with E-state index in [2.05, 4.69) is 25.3 Å². The van der Waals surface area contributed by atoms with Gasteiger partial charge in [0.2, 0.25) is 0 Å². The van der Waals surface area contributed by atoms with E-state index in [4.69, 9.17) is 9.47 Å². The van der Waals surface area contributed by atoms with Crippen molar-refractivity contribution in [2.45, 2.75) is 25.8 Å². The summed E-state index contributed by atoms with van der Waals surface area (Å²) < 4.78 is 12.5. The molecule has 1 aliphatic rings. The third kappa shape index (κ3) is 3.74. The Hall–Kier alpha value is -3.36. The van der Waals surface area contributed by atoms with Crippen LogP contribution in [0.2, 0.25) is 0 Å². The maximum Gasteiger partial charge on any atom is 0.272 e. The second-order valence-corrected chi connectivity index (χ2v) is 7.47. The quantitative estimate of drug-likeness (QED) is 0.688. The van der Waals surface area contributed by atoms with E-state index in [1.807, 2.05) is 26.1 Å². The molecule has 0 bridgehead atoms. The van der Waals surface area contributed by atoms with Crippen molar-refractivity contribution in [3.63, 3.8) is 0 Å². The van der Waals surface area contributed by atoms with E-state index in [0.717, 1.165) is 41.8 Å². The van der Waals surface area contributed by atoms with Crippen LogP contribution in [0.15, 0.2) is 24.5 Å². The van der Waals surface area contributed by atoms with Gasteiger partial charge in [-0.2, -0.15) is 5.10 Å². The summed E-state index contributed by atoms with van der Waals surface area (Å²) in [6, 6.07) is 5.57. The molecule has 1 N–H and O–H groups in total. The largest absolute Gasteiger partial charge is 0.493 e. The highest BCUT2D eigenvalue weighted by atomic mass is 16.5. The van der Waals surface area contributed by atoms with Crippen molar-refractivity contribution >= 4 is 22.6 Å². The Labute approximate surface area is 175 Å². The fourth-order valence-corrected chi connectivity index (χ4v) is 3.84. The lowest BCUT2D eigenvalue weighted by Gasteiger charge is -2.34. The predicted octanol–water partition coefficient (Wildman–Crippen LogP) is 2.09. The number of amides is 1. The Morgan fingerprint density at radius 3 is 2.63 bits per heavy atom. The van der Waals surface area contributed by atoms with Crippen molar-refractivity contribution in [3.05, 3.63) is 35.9 Å². The summed E-state index contributed by atoms with van der Waals surface area (Å²) in [5, 5.41) is 8.28. The van der Waals surface area contributed by atoms with Crippen LogP contribution in [-0.2, 0) is 7.05 Å². The number of methoxy groups -OCH3 is 2. The first kappa shape index (κ1) is 19.9. The average Bonchev–Trinajstić information content (AvgIpc) is 3.11. The lowest BCUT2D eigenvalue weighted by atomic mass is 10.0. The molecule has 0 spiro atoms. The number of carbonyl (C=O) groups excluding carboxylic acids is 1. The van der Waals surface area contributed by atoms with Gasteiger partial charge < -0.3 is 19.7 Å². The van der Waals surface area contributed by atoms with E-state index in [1.54, 1.807) is 31.3 Å². The molecule has 1 atom stereocenters. The molecule has 4 rings (SSSR count). The van der Waals surface area contributed by atoms with Crippen LogP contribution in [0.5, 0.6) is 11.5 Å². The zero-order chi connectivity index (χ0) is 21.3. The first-order valence-electron chi connectivity index (χ1n) is 9.93. The molecule has 1 amide bonds. The average molecular weight is 410 g/mol. The highest BCUT2D eigenvalue weighted by molar-refractivity contribution is 5.93. The molecule has 9 heteroatoms. The molecule has 1 aromatic carbocycles. The van der Waals surface area contributed by atoms with Gasteiger partial charge in [-0.05, 0) is 31.9 Å². The van der Waals surface area contributed by atoms with Gasteiger partial charge in [0.15, 0.2) is 11.5 Å². The first-order valence-corrected chi connectivity index (χ1v) is 9.93. The van der Waals surface area contributed by atoms with Crippen molar-refractivity contribution in [2.75, 3.05) is 32.2 Å². The predicted molar refractivity (Wildman–Crippen MR) is 113 cm³/mol. The van der Waals surface area contributed by atoms with Crippen LogP contribution >= 0.6 is 0 Å². The number of nitrogens with one attached hydrogen (secondary N) is 1. The number of ether oxygens (including phenoxy) is 2. The number of nitrogens with zero attached hydrogens (tertiary/aromatic N) is 5. The summed E-state index contributed by atoms with van der Waals surface area (Å²) in [5.74, 6) is 1.94. The number of anilines is 1. The Kier molecular flexibility index (Phi) is 5.43. The lowest BCUT2D eigenvalue weighted by molar-refractivity contribution is 0.0927. The molecule has 158 valence electrons. The van der Waals surface area contributed by atoms with E-state index < -0.39 is 0 Å². The number of carbonyl (C=O) groups is 1. The molecule has 1 aliphatic heterocycles. The molecule has 9 nitrogen and oxygen atoms in total. The topological polar surface area (TPSA) is 94.4 Å². The van der Waals surface area contributed by atoms with E-state index in [0.29, 0.717) is 23.7 Å². The molecule has 1 saturated heterocycles. The summed E-state index contributed by atoms with van der Waals surface area (Å²) in [6.45, 7) is 3.45. The smallest absolute Gasteiger partial charge is 0.272 e. The van der Waals surface area contributed by atoms with E-state index >= 15 is 0 Å². The monoisotopic (exact) mass is 410 g/mol. The molecular formula is C21H26N6O3. The molecule has 0 aliphatic carbocycles. The molecule has 30 heavy (non-hydrogen) atoms. The fraction of sp³-hybridized carbons (Fsp3) is 0.429. The second kappa shape index (κ2) is 8.17. The van der Waals surface area contributed by atoms with Gasteiger partial charge in [-0.1, -0.05) is 0 Å². The molecule has 0 saturated carbocycles. The highest BCUT2D eigenvalue weighted by Crippen LogP contribution is 2.35. The molecule has 0 radical (unpaired) electrons. The number of aryl methyl sites for hydroxylation is 2. The van der Waals surface area contributed by atoms with Crippen LogP contribution in [0.1, 0.15) is 29.0 Å². The summed E-state index contributed by atoms with van der Waals surface area (Å²) >= 11 is 0. The standard InChI is InChI=1S/C21H26N6O3/c1-13-8-17(25-26(13)2)21(28)24-14-6-5-7-27(11-14)20-15-9-18(29-3)19(30-4)10-16(15)22-12-23-20/h8-10,12,14H,5-7,11H2,1-4H3,(H,24,28). The third-order valence-electron chi connectivity index (χ3n) is 5.52. The Balaban J connectivity index is 1.57. The zero-order valence-corrected chi connectivity index (χ0v) is 17.7. The Morgan fingerprint density at radius 1 is 1.17 bits per heavy atom. The van der Waals surface area contributed by atoms with Crippen LogP contribution in [-0.4, -0.2) is 59.0 Å². The second-order valence-electron chi connectivity index (χ2n) is 7.47. The van der Waals surface area contributed by atoms with Crippen LogP contribution in [0.25, 0.3) is 10.9 Å². The van der Waals surface area contributed by atoms with Gasteiger partial charge >= 0.3 is 0 Å². The fourth-order valence-electron chi connectivity index (χ4n) is 3.84. The van der Waals surface area contributed by atoms with Crippen molar-refractivity contribution < 1.29 is 14.3 Å². The SMILES string of the molecule is COc1cc2ncnc(N3CCCC(NC(=O)c4cc(C)n(C)n4)C3)c2cc1OC. The van der Waals surface area contributed by atoms with Gasteiger partial charge in [-0.3, -0.25) is 9.48 Å². The van der Waals surface area contributed by atoms with Gasteiger partial charge in [0.05, 0.1) is 19.7 Å². The van der Waals surface area contributed by atoms with E-state index in [-0.39, 0.29) is 11.9 Å². The minimum Gasteiger partial charge on any atom is -0.493 e. The van der Waals surface area contributed by atoms with Gasteiger partial charge in [0, 0.05) is 43.3 Å². The van der Waals surface area contributed by atoms with Gasteiger partial charge in [0.1, 0.15) is 17.8 Å². The summed E-state index contributed by atoms with van der Waals surface area (Å²) in [4.78, 5) is 23.7. The van der Waals surface area contributed by atoms with Crippen molar-refractivity contribution in [3.8, 4) is 11.5 Å². The number of rotatable bonds is 5. The Morgan fingerprint density at radius 2 is 1.93 bits per heavy atom. The molecule has 1 fully saturated rings. The summed E-state index contributed by atoms with van der Waals surface area (Å²) in [5.41, 5.74) is 2.17. The number of hydrogen-bond acceptors (Lipinski definition) is 7.